The Kier molecular flexibility index (Phi) is 1.62. The minimum absolute atomic E-state index is 0.569. The molecular weight excluding hydrogens is 176 g/mol. The molecule has 2 heterocycles. The summed E-state index contributed by atoms with van der Waals surface area (Å²) in [4.78, 5) is 5.20. The van der Waals surface area contributed by atoms with Crippen LogP contribution >= 0.6 is 22.9 Å². The van der Waals surface area contributed by atoms with Crippen LogP contribution in [0.25, 0.3) is 10.2 Å². The fraction of sp³-hybridized carbons (Fsp3) is 0. The van der Waals surface area contributed by atoms with E-state index in [1.807, 2.05) is 12.1 Å². The molecule has 0 saturated heterocycles. The highest BCUT2D eigenvalue weighted by Gasteiger charge is 1.98. The van der Waals surface area contributed by atoms with Crippen LogP contribution in [0.3, 0.4) is 0 Å². The number of nitrogens with zero attached hydrogens (tertiary/aromatic N) is 1. The Morgan fingerprint density at radius 2 is 2.27 bits per heavy atom. The lowest BCUT2D eigenvalue weighted by Gasteiger charge is -1.87. The van der Waals surface area contributed by atoms with E-state index in [0.717, 1.165) is 4.83 Å². The van der Waals surface area contributed by atoms with E-state index in [2.05, 4.69) is 18.9 Å². The normalized spacial score (nSPS) is 10.6. The maximum Gasteiger partial charge on any atom is 0.152 e. The summed E-state index contributed by atoms with van der Waals surface area (Å²) < 4.78 is 1.27. The molecule has 2 rings (SSSR count). The van der Waals surface area contributed by atoms with Crippen molar-refractivity contribution in [2.24, 2.45) is 0 Å². The minimum atomic E-state index is 0.569. The molecule has 2 aromatic heterocycles. The lowest BCUT2D eigenvalue weighted by Crippen LogP contribution is -1.88. The van der Waals surface area contributed by atoms with Crippen LogP contribution in [0.2, 0.25) is 5.15 Å². The topological polar surface area (TPSA) is 12.9 Å². The molecule has 54 valence electrons. The van der Waals surface area contributed by atoms with Gasteiger partial charge in [-0.15, -0.1) is 11.3 Å². The average molecular weight is 181 g/mol. The molecule has 0 aliphatic rings. The van der Waals surface area contributed by atoms with Crippen LogP contribution < -0.4 is 4.78 Å². The lowest BCUT2D eigenvalue weighted by molar-refractivity contribution is 1.44. The predicted molar refractivity (Wildman–Crippen MR) is 52.8 cm³/mol. The van der Waals surface area contributed by atoms with Gasteiger partial charge in [0.05, 0.1) is 0 Å². The Hall–Kier alpha value is -0.535. The molecule has 1 nitrogen and oxygen atoms in total. The van der Waals surface area contributed by atoms with Crippen molar-refractivity contribution in [2.75, 3.05) is 0 Å². The molecule has 0 aromatic carbocycles. The summed E-state index contributed by atoms with van der Waals surface area (Å²) in [7, 11) is 2.07. The van der Waals surface area contributed by atoms with Crippen LogP contribution in [0.15, 0.2) is 18.2 Å². The van der Waals surface area contributed by atoms with Crippen LogP contribution in [-0.4, -0.2) is 12.8 Å². The second kappa shape index (κ2) is 2.50. The van der Waals surface area contributed by atoms with E-state index in [0.29, 0.717) is 5.15 Å². The molecule has 0 saturated carbocycles. The average Bonchev–Trinajstić information content (AvgIpc) is 2.27. The lowest BCUT2D eigenvalue weighted by atomic mass is 10.1. The minimum Gasteiger partial charge on any atom is -0.225 e. The number of aromatic nitrogens is 1. The fourth-order valence-corrected chi connectivity index (χ4v) is 2.10. The molecule has 0 aliphatic heterocycles. The van der Waals surface area contributed by atoms with Gasteiger partial charge in [-0.2, -0.15) is 0 Å². The highest BCUT2D eigenvalue weighted by atomic mass is 35.5. The third-order valence-corrected chi connectivity index (χ3v) is 2.64. The molecule has 0 radical (unpaired) electrons. The molecule has 0 spiro atoms. The molecular formula is C7H5BClNS. The molecule has 0 amide bonds. The van der Waals surface area contributed by atoms with Crippen molar-refractivity contribution in [3.05, 3.63) is 23.4 Å². The Bertz CT molecular complexity index is 398. The molecule has 2 aromatic rings. The number of rotatable bonds is 0. The highest BCUT2D eigenvalue weighted by Crippen LogP contribution is 2.18. The van der Waals surface area contributed by atoms with Crippen LogP contribution in [0, 0.1) is 0 Å². The summed E-state index contributed by atoms with van der Waals surface area (Å²) in [6, 6.07) is 5.92. The standard InChI is InChI=1S/C7H5BClNS/c8-5-3-4-1-2-6(9)10-7(4)11-5/h1-3H,8H2. The Morgan fingerprint density at radius 1 is 1.45 bits per heavy atom. The van der Waals surface area contributed by atoms with Gasteiger partial charge in [0.2, 0.25) is 0 Å². The third-order valence-electron chi connectivity index (χ3n) is 1.47. The molecule has 0 bridgehead atoms. The first-order chi connectivity index (χ1) is 5.25. The molecule has 0 N–H and O–H groups in total. The molecule has 11 heavy (non-hydrogen) atoms. The molecule has 0 unspecified atom stereocenters. The summed E-state index contributed by atoms with van der Waals surface area (Å²) in [5, 5.41) is 1.75. The second-order valence-electron chi connectivity index (χ2n) is 2.39. The number of fused-ring (bicyclic) bond motifs is 1. The van der Waals surface area contributed by atoms with Gasteiger partial charge in [0.1, 0.15) is 9.98 Å². The maximum atomic E-state index is 5.72. The Balaban J connectivity index is 2.82. The summed E-state index contributed by atoms with van der Waals surface area (Å²) >= 11 is 7.39. The first-order valence-corrected chi connectivity index (χ1v) is 4.48. The van der Waals surface area contributed by atoms with E-state index < -0.39 is 0 Å². The quantitative estimate of drug-likeness (QED) is 0.440. The van der Waals surface area contributed by atoms with Gasteiger partial charge < -0.3 is 0 Å². The molecule has 0 atom stereocenters. The van der Waals surface area contributed by atoms with Gasteiger partial charge in [-0.25, -0.2) is 4.98 Å². The number of pyridine rings is 1. The largest absolute Gasteiger partial charge is 0.225 e. The van der Waals surface area contributed by atoms with Crippen molar-refractivity contribution in [3.8, 4) is 0 Å². The van der Waals surface area contributed by atoms with Gasteiger partial charge in [0.25, 0.3) is 0 Å². The van der Waals surface area contributed by atoms with Crippen LogP contribution in [0.4, 0.5) is 0 Å². The van der Waals surface area contributed by atoms with Gasteiger partial charge in [-0.3, -0.25) is 0 Å². The van der Waals surface area contributed by atoms with Gasteiger partial charge in [-0.05, 0) is 23.0 Å². The zero-order chi connectivity index (χ0) is 7.84. The van der Waals surface area contributed by atoms with E-state index in [1.165, 1.54) is 10.2 Å². The van der Waals surface area contributed by atoms with Gasteiger partial charge in [-0.1, -0.05) is 11.6 Å². The van der Waals surface area contributed by atoms with Crippen molar-refractivity contribution in [2.45, 2.75) is 0 Å². The zero-order valence-corrected chi connectivity index (χ0v) is 7.54. The van der Waals surface area contributed by atoms with Gasteiger partial charge in [0.15, 0.2) is 7.85 Å². The summed E-state index contributed by atoms with van der Waals surface area (Å²) in [5.41, 5.74) is 0. The van der Waals surface area contributed by atoms with Crippen LogP contribution in [0.5, 0.6) is 0 Å². The van der Waals surface area contributed by atoms with E-state index in [1.54, 1.807) is 11.3 Å². The summed E-state index contributed by atoms with van der Waals surface area (Å²) in [5.74, 6) is 0. The zero-order valence-electron chi connectivity index (χ0n) is 5.97. The molecule has 0 aliphatic carbocycles. The smallest absolute Gasteiger partial charge is 0.152 e. The van der Waals surface area contributed by atoms with Crippen molar-refractivity contribution in [3.63, 3.8) is 0 Å². The highest BCUT2D eigenvalue weighted by molar-refractivity contribution is 7.25. The predicted octanol–water partition coefficient (Wildman–Crippen LogP) is 1.21. The van der Waals surface area contributed by atoms with Gasteiger partial charge in [0, 0.05) is 5.39 Å². The summed E-state index contributed by atoms with van der Waals surface area (Å²) in [6.07, 6.45) is 0. The van der Waals surface area contributed by atoms with Gasteiger partial charge >= 0.3 is 0 Å². The molecule has 0 fully saturated rings. The number of hydrogen-bond acceptors (Lipinski definition) is 2. The monoisotopic (exact) mass is 181 g/mol. The number of halogens is 1. The first-order valence-electron chi connectivity index (χ1n) is 3.28. The fourth-order valence-electron chi connectivity index (χ4n) is 1.02. The Morgan fingerprint density at radius 3 is 3.09 bits per heavy atom. The third kappa shape index (κ3) is 1.26. The van der Waals surface area contributed by atoms with Crippen LogP contribution in [0.1, 0.15) is 0 Å². The van der Waals surface area contributed by atoms with Crippen molar-refractivity contribution in [1.82, 2.24) is 4.98 Å². The van der Waals surface area contributed by atoms with Crippen molar-refractivity contribution in [1.29, 1.82) is 0 Å². The second-order valence-corrected chi connectivity index (χ2v) is 4.01. The SMILES string of the molecule is Bc1cc2ccc(Cl)nc2s1. The van der Waals surface area contributed by atoms with E-state index in [4.69, 9.17) is 11.6 Å². The molecule has 4 heteroatoms. The van der Waals surface area contributed by atoms with Crippen molar-refractivity contribution < 1.29 is 0 Å². The summed E-state index contributed by atoms with van der Waals surface area (Å²) in [6.45, 7) is 0. The van der Waals surface area contributed by atoms with E-state index >= 15 is 0 Å². The van der Waals surface area contributed by atoms with Crippen molar-refractivity contribution >= 4 is 45.8 Å². The maximum absolute atomic E-state index is 5.72. The Labute approximate surface area is 74.4 Å². The first kappa shape index (κ1) is 7.13. The van der Waals surface area contributed by atoms with E-state index in [9.17, 15) is 0 Å². The number of hydrogen-bond donors (Lipinski definition) is 0. The number of thiophene rings is 1. The van der Waals surface area contributed by atoms with Crippen LogP contribution in [-0.2, 0) is 0 Å². The van der Waals surface area contributed by atoms with E-state index in [-0.39, 0.29) is 0 Å².